The Morgan fingerprint density at radius 3 is 2.44 bits per heavy atom. The Morgan fingerprint density at radius 2 is 1.78 bits per heavy atom. The second kappa shape index (κ2) is 8.42. The van der Waals surface area contributed by atoms with Crippen molar-refractivity contribution < 1.29 is 19.1 Å². The molecule has 0 aromatic heterocycles. The van der Waals surface area contributed by atoms with Crippen molar-refractivity contribution in [2.24, 2.45) is 5.92 Å². The van der Waals surface area contributed by atoms with Crippen LogP contribution in [-0.4, -0.2) is 31.1 Å². The summed E-state index contributed by atoms with van der Waals surface area (Å²) in [5.41, 5.74) is 0.321. The lowest BCUT2D eigenvalue weighted by Gasteiger charge is -2.30. The van der Waals surface area contributed by atoms with Crippen LogP contribution in [0.15, 0.2) is 36.4 Å². The number of hydrogen-bond acceptors (Lipinski definition) is 4. The Kier molecular flexibility index (Phi) is 5.99. The summed E-state index contributed by atoms with van der Waals surface area (Å²) in [6.45, 7) is 3.76. The summed E-state index contributed by atoms with van der Waals surface area (Å²) in [4.78, 5) is 25.1. The Balaban J connectivity index is 1.70. The third kappa shape index (κ3) is 4.41. The first-order valence-electron chi connectivity index (χ1n) is 9.57. The summed E-state index contributed by atoms with van der Waals surface area (Å²) in [7, 11) is 1.52. The van der Waals surface area contributed by atoms with Crippen LogP contribution in [0.3, 0.4) is 0 Å². The predicted octanol–water partition coefficient (Wildman–Crippen LogP) is 4.09. The van der Waals surface area contributed by atoms with E-state index in [0.29, 0.717) is 17.2 Å². The van der Waals surface area contributed by atoms with E-state index in [4.69, 9.17) is 9.47 Å². The van der Waals surface area contributed by atoms with Crippen molar-refractivity contribution in [3.05, 3.63) is 42.0 Å². The Morgan fingerprint density at radius 1 is 1.11 bits per heavy atom. The van der Waals surface area contributed by atoms with Crippen LogP contribution in [0.5, 0.6) is 5.75 Å². The number of amides is 1. The molecule has 3 rings (SSSR count). The maximum absolute atomic E-state index is 12.7. The highest BCUT2D eigenvalue weighted by Gasteiger charge is 2.27. The van der Waals surface area contributed by atoms with Gasteiger partial charge in [0.2, 0.25) is 0 Å². The molecule has 2 aromatic carbocycles. The molecule has 5 nitrogen and oxygen atoms in total. The molecule has 0 bridgehead atoms. The minimum absolute atomic E-state index is 0.155. The largest absolute Gasteiger partial charge is 0.496 e. The number of ether oxygens (including phenoxy) is 2. The molecular formula is C22H27NO4. The second-order valence-corrected chi connectivity index (χ2v) is 7.32. The first-order valence-corrected chi connectivity index (χ1v) is 9.57. The van der Waals surface area contributed by atoms with Gasteiger partial charge in [-0.25, -0.2) is 4.79 Å². The molecule has 1 fully saturated rings. The summed E-state index contributed by atoms with van der Waals surface area (Å²) in [5.74, 6) is 0.0807. The van der Waals surface area contributed by atoms with Crippen molar-refractivity contribution in [3.63, 3.8) is 0 Å². The number of hydrogen-bond donors (Lipinski definition) is 1. The normalized spacial score (nSPS) is 20.7. The number of methoxy groups -OCH3 is 1. The van der Waals surface area contributed by atoms with Gasteiger partial charge in [-0.15, -0.1) is 0 Å². The topological polar surface area (TPSA) is 64.6 Å². The fourth-order valence-corrected chi connectivity index (χ4v) is 3.66. The lowest BCUT2D eigenvalue weighted by molar-refractivity contribution is -0.130. The van der Waals surface area contributed by atoms with Gasteiger partial charge in [0.1, 0.15) is 11.3 Å². The lowest BCUT2D eigenvalue weighted by atomic mass is 9.86. The van der Waals surface area contributed by atoms with Crippen molar-refractivity contribution in [2.75, 3.05) is 7.11 Å². The van der Waals surface area contributed by atoms with E-state index in [-0.39, 0.29) is 11.9 Å². The monoisotopic (exact) mass is 369 g/mol. The van der Waals surface area contributed by atoms with Gasteiger partial charge in [-0.1, -0.05) is 44.0 Å². The molecule has 0 unspecified atom stereocenters. The fraction of sp³-hybridized carbons (Fsp3) is 0.455. The van der Waals surface area contributed by atoms with Crippen LogP contribution in [0.4, 0.5) is 0 Å². The molecule has 2 aromatic rings. The number of esters is 1. The SMILES string of the molecule is COc1cc2ccccc2cc1C(=O)O[C@H](C)C(=O)N[C@@H]1CCCC[C@H]1C. The summed E-state index contributed by atoms with van der Waals surface area (Å²) in [6, 6.07) is 11.4. The van der Waals surface area contributed by atoms with Gasteiger partial charge in [0, 0.05) is 6.04 Å². The molecule has 0 saturated heterocycles. The quantitative estimate of drug-likeness (QED) is 0.806. The lowest BCUT2D eigenvalue weighted by Crippen LogP contribution is -2.46. The van der Waals surface area contributed by atoms with E-state index in [1.165, 1.54) is 13.5 Å². The van der Waals surface area contributed by atoms with Gasteiger partial charge in [-0.05, 0) is 48.6 Å². The standard InChI is InChI=1S/C22H27NO4/c1-14-8-4-7-11-19(14)23-21(24)15(2)27-22(25)18-12-16-9-5-6-10-17(16)13-20(18)26-3/h5-6,9-10,12-15,19H,4,7-8,11H2,1-3H3,(H,23,24)/t14-,15-,19-/m1/s1. The summed E-state index contributed by atoms with van der Waals surface area (Å²) < 4.78 is 10.8. The van der Waals surface area contributed by atoms with Gasteiger partial charge in [-0.3, -0.25) is 4.79 Å². The third-order valence-corrected chi connectivity index (χ3v) is 5.38. The average molecular weight is 369 g/mol. The van der Waals surface area contributed by atoms with Gasteiger partial charge < -0.3 is 14.8 Å². The van der Waals surface area contributed by atoms with Crippen molar-refractivity contribution in [2.45, 2.75) is 51.7 Å². The van der Waals surface area contributed by atoms with Crippen LogP contribution >= 0.6 is 0 Å². The molecule has 1 amide bonds. The Labute approximate surface area is 160 Å². The molecule has 1 aliphatic carbocycles. The molecule has 1 saturated carbocycles. The Hall–Kier alpha value is -2.56. The summed E-state index contributed by atoms with van der Waals surface area (Å²) in [5, 5.41) is 4.93. The second-order valence-electron chi connectivity index (χ2n) is 7.32. The van der Waals surface area contributed by atoms with Gasteiger partial charge in [0.25, 0.3) is 5.91 Å². The van der Waals surface area contributed by atoms with Crippen molar-refractivity contribution >= 4 is 22.6 Å². The van der Waals surface area contributed by atoms with E-state index in [9.17, 15) is 9.59 Å². The fourth-order valence-electron chi connectivity index (χ4n) is 3.66. The molecule has 1 aliphatic rings. The van der Waals surface area contributed by atoms with Crippen LogP contribution in [0, 0.1) is 5.92 Å². The highest BCUT2D eigenvalue weighted by molar-refractivity contribution is 5.99. The van der Waals surface area contributed by atoms with Crippen LogP contribution in [0.1, 0.15) is 49.9 Å². The van der Waals surface area contributed by atoms with E-state index >= 15 is 0 Å². The number of fused-ring (bicyclic) bond motifs is 1. The van der Waals surface area contributed by atoms with Gasteiger partial charge in [0.15, 0.2) is 6.10 Å². The zero-order valence-electron chi connectivity index (χ0n) is 16.2. The zero-order valence-corrected chi connectivity index (χ0v) is 16.2. The van der Waals surface area contributed by atoms with Gasteiger partial charge in [0.05, 0.1) is 7.11 Å². The van der Waals surface area contributed by atoms with Crippen molar-refractivity contribution in [1.82, 2.24) is 5.32 Å². The van der Waals surface area contributed by atoms with Crippen LogP contribution in [0.2, 0.25) is 0 Å². The number of carbonyl (C=O) groups excluding carboxylic acids is 2. The zero-order chi connectivity index (χ0) is 19.4. The molecule has 27 heavy (non-hydrogen) atoms. The maximum atomic E-state index is 12.7. The smallest absolute Gasteiger partial charge is 0.342 e. The summed E-state index contributed by atoms with van der Waals surface area (Å²) >= 11 is 0. The van der Waals surface area contributed by atoms with Gasteiger partial charge in [-0.2, -0.15) is 0 Å². The maximum Gasteiger partial charge on any atom is 0.342 e. The minimum Gasteiger partial charge on any atom is -0.496 e. The predicted molar refractivity (Wildman–Crippen MR) is 105 cm³/mol. The molecule has 0 aliphatic heterocycles. The number of benzene rings is 2. The number of nitrogens with one attached hydrogen (secondary N) is 1. The van der Waals surface area contributed by atoms with E-state index in [1.54, 1.807) is 19.1 Å². The van der Waals surface area contributed by atoms with E-state index in [1.807, 2.05) is 24.3 Å². The number of carbonyl (C=O) groups is 2. The average Bonchev–Trinajstić information content (AvgIpc) is 2.68. The Bertz CT molecular complexity index is 832. The van der Waals surface area contributed by atoms with Crippen molar-refractivity contribution in [1.29, 1.82) is 0 Å². The van der Waals surface area contributed by atoms with Gasteiger partial charge >= 0.3 is 5.97 Å². The van der Waals surface area contributed by atoms with E-state index < -0.39 is 12.1 Å². The third-order valence-electron chi connectivity index (χ3n) is 5.38. The molecule has 0 radical (unpaired) electrons. The van der Waals surface area contributed by atoms with Crippen LogP contribution in [0.25, 0.3) is 10.8 Å². The molecule has 5 heteroatoms. The first-order chi connectivity index (χ1) is 13.0. The molecule has 3 atom stereocenters. The molecule has 144 valence electrons. The molecule has 0 spiro atoms. The van der Waals surface area contributed by atoms with E-state index in [0.717, 1.165) is 30.0 Å². The highest BCUT2D eigenvalue weighted by Crippen LogP contribution is 2.27. The number of rotatable bonds is 5. The van der Waals surface area contributed by atoms with E-state index in [2.05, 4.69) is 12.2 Å². The molecular weight excluding hydrogens is 342 g/mol. The highest BCUT2D eigenvalue weighted by atomic mass is 16.5. The van der Waals surface area contributed by atoms with Crippen molar-refractivity contribution in [3.8, 4) is 5.75 Å². The molecule has 0 heterocycles. The minimum atomic E-state index is -0.859. The van der Waals surface area contributed by atoms with Crippen LogP contribution < -0.4 is 10.1 Å². The van der Waals surface area contributed by atoms with Crippen LogP contribution in [-0.2, 0) is 9.53 Å². The summed E-state index contributed by atoms with van der Waals surface area (Å²) in [6.07, 6.45) is 3.57. The molecule has 1 N–H and O–H groups in total. The first kappa shape index (κ1) is 19.2.